The Hall–Kier alpha value is -3.95. The quantitative estimate of drug-likeness (QED) is 0.166. The number of aromatic nitrogens is 4. The number of carbonyl (C=O) groups is 2. The fourth-order valence-corrected chi connectivity index (χ4v) is 3.68. The molecule has 0 radical (unpaired) electrons. The molecule has 4 heterocycles. The van der Waals surface area contributed by atoms with Gasteiger partial charge >= 0.3 is 11.9 Å². The van der Waals surface area contributed by atoms with Crippen molar-refractivity contribution in [3.05, 3.63) is 71.8 Å². The van der Waals surface area contributed by atoms with Gasteiger partial charge in [-0.15, -0.1) is 12.4 Å². The Morgan fingerprint density at radius 3 is 1.84 bits per heavy atom. The smallest absolute Gasteiger partial charge is 0.331 e. The second-order valence-electron chi connectivity index (χ2n) is 12.3. The molecular formula is C34H48ClN5O4. The number of hydrogen-bond acceptors (Lipinski definition) is 7. The van der Waals surface area contributed by atoms with Gasteiger partial charge in [0.05, 0.1) is 0 Å². The van der Waals surface area contributed by atoms with E-state index in [1.54, 1.807) is 24.5 Å². The summed E-state index contributed by atoms with van der Waals surface area (Å²) in [4.78, 5) is 40.1. The number of H-pyrrole nitrogens is 2. The summed E-state index contributed by atoms with van der Waals surface area (Å²) in [5.74, 6) is -0.702. The largest absolute Gasteiger partial charge is 0.457 e. The summed E-state index contributed by atoms with van der Waals surface area (Å²) >= 11 is 0. The highest BCUT2D eigenvalue weighted by Gasteiger charge is 2.15. The highest BCUT2D eigenvalue weighted by Crippen LogP contribution is 2.20. The molecule has 9 nitrogen and oxygen atoms in total. The number of pyridine rings is 2. The summed E-state index contributed by atoms with van der Waals surface area (Å²) in [5.41, 5.74) is 3.66. The zero-order valence-electron chi connectivity index (χ0n) is 27.6. The summed E-state index contributed by atoms with van der Waals surface area (Å²) in [5, 5.41) is 2.08. The Bertz CT molecular complexity index is 1540. The van der Waals surface area contributed by atoms with E-state index < -0.39 is 11.2 Å². The second kappa shape index (κ2) is 17.4. The summed E-state index contributed by atoms with van der Waals surface area (Å²) in [7, 11) is 4.05. The van der Waals surface area contributed by atoms with Gasteiger partial charge in [-0.3, -0.25) is 0 Å². The lowest BCUT2D eigenvalue weighted by molar-refractivity contribution is -0.149. The van der Waals surface area contributed by atoms with Crippen molar-refractivity contribution >= 4 is 58.6 Å². The van der Waals surface area contributed by atoms with Crippen LogP contribution in [0, 0.1) is 0 Å². The van der Waals surface area contributed by atoms with Crippen LogP contribution in [0.25, 0.3) is 34.2 Å². The predicted molar refractivity (Wildman–Crippen MR) is 183 cm³/mol. The van der Waals surface area contributed by atoms with Gasteiger partial charge in [0.2, 0.25) is 0 Å². The molecule has 4 aromatic heterocycles. The molecule has 2 N–H and O–H groups in total. The Morgan fingerprint density at radius 1 is 0.841 bits per heavy atom. The minimum atomic E-state index is -0.483. The van der Waals surface area contributed by atoms with Gasteiger partial charge in [-0.2, -0.15) is 0 Å². The van der Waals surface area contributed by atoms with Crippen LogP contribution in [0.1, 0.15) is 78.5 Å². The normalized spacial score (nSPS) is 11.6. The zero-order valence-corrected chi connectivity index (χ0v) is 28.5. The molecule has 44 heavy (non-hydrogen) atoms. The first-order valence-electron chi connectivity index (χ1n) is 14.5. The monoisotopic (exact) mass is 625 g/mol. The van der Waals surface area contributed by atoms with Crippen molar-refractivity contribution in [2.24, 2.45) is 0 Å². The molecule has 4 rings (SSSR count). The summed E-state index contributed by atoms with van der Waals surface area (Å²) in [6, 6.07) is 5.92. The summed E-state index contributed by atoms with van der Waals surface area (Å²) in [6.07, 6.45) is 14.8. The number of carbonyl (C=O) groups excluding carboxylic acids is 2. The van der Waals surface area contributed by atoms with Gasteiger partial charge in [-0.1, -0.05) is 20.3 Å². The maximum absolute atomic E-state index is 11.7. The van der Waals surface area contributed by atoms with Gasteiger partial charge < -0.3 is 24.3 Å². The van der Waals surface area contributed by atoms with Crippen molar-refractivity contribution in [3.63, 3.8) is 0 Å². The van der Waals surface area contributed by atoms with Crippen LogP contribution >= 0.6 is 12.4 Å². The fraction of sp³-hybridized carbons (Fsp3) is 0.412. The van der Waals surface area contributed by atoms with Crippen molar-refractivity contribution in [2.45, 2.75) is 79.6 Å². The number of halogens is 1. The zero-order chi connectivity index (χ0) is 32.2. The molecule has 0 saturated heterocycles. The van der Waals surface area contributed by atoms with Crippen LogP contribution in [0.2, 0.25) is 0 Å². The number of hydrogen-bond donors (Lipinski definition) is 2. The lowest BCUT2D eigenvalue weighted by atomic mass is 10.1. The van der Waals surface area contributed by atoms with Crippen LogP contribution in [-0.4, -0.2) is 62.1 Å². The maximum atomic E-state index is 11.7. The number of nitrogens with zero attached hydrogens (tertiary/aromatic N) is 3. The van der Waals surface area contributed by atoms with Crippen LogP contribution in [0.4, 0.5) is 0 Å². The number of fused-ring (bicyclic) bond motifs is 2. The molecule has 0 saturated carbocycles. The first-order valence-corrected chi connectivity index (χ1v) is 14.5. The first-order chi connectivity index (χ1) is 20.1. The third kappa shape index (κ3) is 14.0. The highest BCUT2D eigenvalue weighted by atomic mass is 35.5. The number of rotatable bonds is 6. The molecular weight excluding hydrogens is 578 g/mol. The molecule has 4 aromatic rings. The Labute approximate surface area is 267 Å². The van der Waals surface area contributed by atoms with E-state index in [4.69, 9.17) is 9.47 Å². The summed E-state index contributed by atoms with van der Waals surface area (Å²) in [6.45, 7) is 16.1. The van der Waals surface area contributed by atoms with Gasteiger partial charge in [0.15, 0.2) is 0 Å². The van der Waals surface area contributed by atoms with E-state index in [-0.39, 0.29) is 24.3 Å². The number of ether oxygens (including phenoxy) is 2. The average molecular weight is 626 g/mol. The van der Waals surface area contributed by atoms with Crippen LogP contribution in [0.15, 0.2) is 55.1 Å². The van der Waals surface area contributed by atoms with E-state index in [1.807, 2.05) is 86.2 Å². The topological polar surface area (TPSA) is 113 Å². The maximum Gasteiger partial charge on any atom is 0.331 e. The van der Waals surface area contributed by atoms with Gasteiger partial charge in [0.1, 0.15) is 22.5 Å². The highest BCUT2D eigenvalue weighted by molar-refractivity contribution is 5.89. The van der Waals surface area contributed by atoms with Crippen molar-refractivity contribution in [2.75, 3.05) is 14.1 Å². The standard InChI is InChI=1S/C17H23N3O2.C14H16N2O2.C3H8.ClH/c1-17(2,3)22-15(21)7-6-12-8-14-13(11-20(4)5)10-19-16(14)18-9-12;1-14(2,3)18-12(17)5-4-10-8-11-6-7-15-13(11)16-9-10;1-3-2;/h6-10H,11H2,1-5H3,(H,18,19);4-9H,1-3H3,(H,15,16);3H2,1-2H3;1H/b7-6+;5-4+;;. The van der Waals surface area contributed by atoms with Crippen LogP contribution in [0.5, 0.6) is 0 Å². The van der Waals surface area contributed by atoms with E-state index in [9.17, 15) is 9.59 Å². The molecule has 0 aliphatic heterocycles. The molecule has 240 valence electrons. The minimum Gasteiger partial charge on any atom is -0.457 e. The van der Waals surface area contributed by atoms with Crippen molar-refractivity contribution in [1.29, 1.82) is 0 Å². The molecule has 10 heteroatoms. The molecule has 0 fully saturated rings. The van der Waals surface area contributed by atoms with E-state index in [0.29, 0.717) is 0 Å². The van der Waals surface area contributed by atoms with Gasteiger partial charge in [0.25, 0.3) is 0 Å². The van der Waals surface area contributed by atoms with E-state index in [0.717, 1.165) is 39.7 Å². The van der Waals surface area contributed by atoms with E-state index in [1.165, 1.54) is 24.1 Å². The third-order valence-corrected chi connectivity index (χ3v) is 5.18. The molecule has 0 unspecified atom stereocenters. The fourth-order valence-electron chi connectivity index (χ4n) is 3.68. The van der Waals surface area contributed by atoms with Gasteiger partial charge in [-0.25, -0.2) is 19.6 Å². The predicted octanol–water partition coefficient (Wildman–Crippen LogP) is 7.74. The van der Waals surface area contributed by atoms with Gasteiger partial charge in [0, 0.05) is 54.3 Å². The van der Waals surface area contributed by atoms with Gasteiger partial charge in [-0.05, 0) is 103 Å². The average Bonchev–Trinajstić information content (AvgIpc) is 3.51. The van der Waals surface area contributed by atoms with Crippen molar-refractivity contribution in [1.82, 2.24) is 24.8 Å². The lowest BCUT2D eigenvalue weighted by Crippen LogP contribution is -2.22. The molecule has 0 aliphatic rings. The lowest BCUT2D eigenvalue weighted by Gasteiger charge is -2.17. The summed E-state index contributed by atoms with van der Waals surface area (Å²) < 4.78 is 10.4. The molecule has 0 atom stereocenters. The van der Waals surface area contributed by atoms with E-state index >= 15 is 0 Å². The van der Waals surface area contributed by atoms with Crippen molar-refractivity contribution in [3.8, 4) is 0 Å². The van der Waals surface area contributed by atoms with Crippen LogP contribution in [0.3, 0.4) is 0 Å². The van der Waals surface area contributed by atoms with Crippen LogP contribution in [-0.2, 0) is 25.6 Å². The van der Waals surface area contributed by atoms with E-state index in [2.05, 4.69) is 38.7 Å². The molecule has 0 aliphatic carbocycles. The minimum absolute atomic E-state index is 0. The Kier molecular flexibility index (Phi) is 15.0. The first kappa shape index (κ1) is 38.1. The molecule has 0 bridgehead atoms. The second-order valence-corrected chi connectivity index (χ2v) is 12.3. The number of nitrogens with one attached hydrogen (secondary N) is 2. The molecule has 0 amide bonds. The number of esters is 2. The SMILES string of the molecule is CC(C)(C)OC(=O)/C=C/c1cnc2[nH]ccc2c1.CCC.CN(C)Cc1c[nH]c2ncc(/C=C/C(=O)OC(C)(C)C)cc12.Cl. The molecule has 0 aromatic carbocycles. The molecule has 0 spiro atoms. The number of aromatic amines is 2. The Balaban J connectivity index is 0.000000402. The Morgan fingerprint density at radius 2 is 1.34 bits per heavy atom. The van der Waals surface area contributed by atoms with Crippen molar-refractivity contribution < 1.29 is 19.1 Å². The third-order valence-electron chi connectivity index (χ3n) is 5.18. The van der Waals surface area contributed by atoms with Crippen LogP contribution < -0.4 is 0 Å².